The lowest BCUT2D eigenvalue weighted by Crippen LogP contribution is -2.23. The Morgan fingerprint density at radius 1 is 1.19 bits per heavy atom. The Labute approximate surface area is 152 Å². The van der Waals surface area contributed by atoms with Gasteiger partial charge in [-0.1, -0.05) is 6.92 Å². The summed E-state index contributed by atoms with van der Waals surface area (Å²) >= 11 is 0. The largest absolute Gasteiger partial charge is 0.383 e. The van der Waals surface area contributed by atoms with Gasteiger partial charge in [-0.25, -0.2) is 4.39 Å². The van der Waals surface area contributed by atoms with Crippen LogP contribution >= 0.6 is 0 Å². The summed E-state index contributed by atoms with van der Waals surface area (Å²) in [7, 11) is 1.69. The zero-order chi connectivity index (χ0) is 18.5. The predicted octanol–water partition coefficient (Wildman–Crippen LogP) is 4.07. The van der Waals surface area contributed by atoms with Crippen LogP contribution in [0, 0.1) is 5.82 Å². The average molecular weight is 355 g/mol. The maximum Gasteiger partial charge on any atom is 0.257 e. The third kappa shape index (κ3) is 4.03. The van der Waals surface area contributed by atoms with Gasteiger partial charge in [-0.05, 0) is 48.9 Å². The van der Waals surface area contributed by atoms with Crippen molar-refractivity contribution in [2.24, 2.45) is 0 Å². The highest BCUT2D eigenvalue weighted by molar-refractivity contribution is 6.31. The van der Waals surface area contributed by atoms with E-state index in [2.05, 4.69) is 22.9 Å². The van der Waals surface area contributed by atoms with Crippen molar-refractivity contribution in [2.75, 3.05) is 29.7 Å². The van der Waals surface area contributed by atoms with Gasteiger partial charge in [-0.3, -0.25) is 4.79 Å². The van der Waals surface area contributed by atoms with E-state index in [0.717, 1.165) is 17.8 Å². The van der Waals surface area contributed by atoms with Crippen LogP contribution in [0.3, 0.4) is 0 Å². The molecular formula is C20H22FN3O2. The first-order chi connectivity index (χ1) is 12.6. The Bertz CT molecular complexity index is 818. The molecule has 0 fully saturated rings. The summed E-state index contributed by atoms with van der Waals surface area (Å²) < 4.78 is 18.5. The molecule has 0 spiro atoms. The number of amides is 1. The van der Waals surface area contributed by atoms with Gasteiger partial charge in [0, 0.05) is 36.3 Å². The lowest BCUT2D eigenvalue weighted by atomic mass is 10.1. The normalized spacial score (nSPS) is 15.5. The van der Waals surface area contributed by atoms with E-state index in [4.69, 9.17) is 4.74 Å². The first kappa shape index (κ1) is 17.9. The van der Waals surface area contributed by atoms with Crippen molar-refractivity contribution in [1.29, 1.82) is 0 Å². The quantitative estimate of drug-likeness (QED) is 0.655. The molecule has 6 heteroatoms. The minimum absolute atomic E-state index is 0.248. The van der Waals surface area contributed by atoms with Crippen molar-refractivity contribution < 1.29 is 13.9 Å². The minimum atomic E-state index is -0.375. The molecule has 0 saturated heterocycles. The van der Waals surface area contributed by atoms with Gasteiger partial charge in [0.05, 0.1) is 17.9 Å². The highest BCUT2D eigenvalue weighted by Gasteiger charge is 2.24. The van der Waals surface area contributed by atoms with Crippen molar-refractivity contribution >= 4 is 28.5 Å². The van der Waals surface area contributed by atoms with Crippen molar-refractivity contribution in [2.45, 2.75) is 19.4 Å². The van der Waals surface area contributed by atoms with E-state index in [1.807, 2.05) is 24.3 Å². The van der Waals surface area contributed by atoms with Crippen molar-refractivity contribution in [3.05, 3.63) is 60.0 Å². The summed E-state index contributed by atoms with van der Waals surface area (Å²) in [5, 5.41) is 9.20. The fraction of sp³-hybridized carbons (Fsp3) is 0.250. The number of anilines is 3. The number of hydrogen-bond acceptors (Lipinski definition) is 4. The van der Waals surface area contributed by atoms with Gasteiger partial charge in [-0.15, -0.1) is 0 Å². The molecule has 0 bridgehead atoms. The molecule has 3 rings (SSSR count). The number of methoxy groups -OCH3 is 1. The fourth-order valence-electron chi connectivity index (χ4n) is 2.83. The molecule has 3 N–H and O–H groups in total. The molecule has 2 aromatic rings. The Morgan fingerprint density at radius 2 is 1.92 bits per heavy atom. The fourth-order valence-corrected chi connectivity index (χ4v) is 2.83. The van der Waals surface area contributed by atoms with Crippen LogP contribution in [-0.4, -0.2) is 25.7 Å². The zero-order valence-corrected chi connectivity index (χ0v) is 14.8. The number of halogens is 1. The molecule has 0 aliphatic carbocycles. The summed E-state index contributed by atoms with van der Waals surface area (Å²) in [4.78, 5) is 12.1. The molecular weight excluding hydrogens is 333 g/mol. The SMILES string of the molecule is CCC(COC)Nc1ccc(NC=C2C(=O)Nc3cc(F)ccc32)cc1. The maximum absolute atomic E-state index is 13.3. The molecule has 1 aliphatic rings. The number of carbonyl (C=O) groups excluding carboxylic acids is 1. The standard InChI is InChI=1S/C20H22FN3O2/c1-3-14(12-26-2)23-16-7-5-15(6-8-16)22-11-18-17-9-4-13(21)10-19(17)24-20(18)25/h4-11,14,22-23H,3,12H2,1-2H3,(H,24,25). The van der Waals surface area contributed by atoms with Gasteiger partial charge in [-0.2, -0.15) is 0 Å². The van der Waals surface area contributed by atoms with Gasteiger partial charge in [0.25, 0.3) is 5.91 Å². The first-order valence-electron chi connectivity index (χ1n) is 8.54. The number of nitrogens with one attached hydrogen (secondary N) is 3. The third-order valence-corrected chi connectivity index (χ3v) is 4.26. The van der Waals surface area contributed by atoms with E-state index in [1.165, 1.54) is 12.1 Å². The molecule has 1 atom stereocenters. The molecule has 1 unspecified atom stereocenters. The number of rotatable bonds is 7. The summed E-state index contributed by atoms with van der Waals surface area (Å²) in [5.74, 6) is -0.623. The van der Waals surface area contributed by atoms with E-state index in [-0.39, 0.29) is 17.8 Å². The molecule has 0 aromatic heterocycles. The molecule has 1 amide bonds. The predicted molar refractivity (Wildman–Crippen MR) is 103 cm³/mol. The van der Waals surface area contributed by atoms with Crippen molar-refractivity contribution in [3.63, 3.8) is 0 Å². The first-order valence-corrected chi connectivity index (χ1v) is 8.54. The van der Waals surface area contributed by atoms with E-state index < -0.39 is 0 Å². The van der Waals surface area contributed by atoms with E-state index in [0.29, 0.717) is 23.4 Å². The molecule has 1 aliphatic heterocycles. The van der Waals surface area contributed by atoms with Gasteiger partial charge < -0.3 is 20.7 Å². The van der Waals surface area contributed by atoms with Crippen LogP contribution in [0.4, 0.5) is 21.5 Å². The van der Waals surface area contributed by atoms with E-state index in [9.17, 15) is 9.18 Å². The van der Waals surface area contributed by atoms with Gasteiger partial charge in [0.1, 0.15) is 5.82 Å². The molecule has 1 heterocycles. The molecule has 2 aromatic carbocycles. The Balaban J connectivity index is 1.69. The lowest BCUT2D eigenvalue weighted by Gasteiger charge is -2.17. The summed E-state index contributed by atoms with van der Waals surface area (Å²) in [6.45, 7) is 2.76. The second-order valence-corrected chi connectivity index (χ2v) is 6.13. The van der Waals surface area contributed by atoms with Crippen LogP contribution in [0.1, 0.15) is 18.9 Å². The maximum atomic E-state index is 13.3. The van der Waals surface area contributed by atoms with Gasteiger partial charge in [0.15, 0.2) is 0 Å². The molecule has 0 saturated carbocycles. The highest BCUT2D eigenvalue weighted by atomic mass is 19.1. The third-order valence-electron chi connectivity index (χ3n) is 4.26. The van der Waals surface area contributed by atoms with Crippen molar-refractivity contribution in [1.82, 2.24) is 0 Å². The lowest BCUT2D eigenvalue weighted by molar-refractivity contribution is -0.110. The van der Waals surface area contributed by atoms with Gasteiger partial charge >= 0.3 is 0 Å². The second kappa shape index (κ2) is 8.01. The number of hydrogen-bond donors (Lipinski definition) is 3. The van der Waals surface area contributed by atoms with Crippen LogP contribution < -0.4 is 16.0 Å². The van der Waals surface area contributed by atoms with Crippen LogP contribution in [0.2, 0.25) is 0 Å². The van der Waals surface area contributed by atoms with Crippen molar-refractivity contribution in [3.8, 4) is 0 Å². The Hall–Kier alpha value is -2.86. The van der Waals surface area contributed by atoms with Crippen LogP contribution in [-0.2, 0) is 9.53 Å². The van der Waals surface area contributed by atoms with Crippen LogP contribution in [0.15, 0.2) is 48.7 Å². The number of ether oxygens (including phenoxy) is 1. The number of benzene rings is 2. The summed E-state index contributed by atoms with van der Waals surface area (Å²) in [6.07, 6.45) is 2.61. The zero-order valence-electron chi connectivity index (χ0n) is 14.8. The minimum Gasteiger partial charge on any atom is -0.383 e. The Kier molecular flexibility index (Phi) is 5.53. The van der Waals surface area contributed by atoms with E-state index in [1.54, 1.807) is 19.4 Å². The molecule has 5 nitrogen and oxygen atoms in total. The van der Waals surface area contributed by atoms with E-state index >= 15 is 0 Å². The Morgan fingerprint density at radius 3 is 2.62 bits per heavy atom. The monoisotopic (exact) mass is 355 g/mol. The number of fused-ring (bicyclic) bond motifs is 1. The van der Waals surface area contributed by atoms with Gasteiger partial charge in [0.2, 0.25) is 0 Å². The smallest absolute Gasteiger partial charge is 0.257 e. The van der Waals surface area contributed by atoms with Crippen LogP contribution in [0.5, 0.6) is 0 Å². The second-order valence-electron chi connectivity index (χ2n) is 6.13. The molecule has 26 heavy (non-hydrogen) atoms. The molecule has 0 radical (unpaired) electrons. The van der Waals surface area contributed by atoms with Crippen LogP contribution in [0.25, 0.3) is 5.57 Å². The number of carbonyl (C=O) groups is 1. The summed E-state index contributed by atoms with van der Waals surface area (Å²) in [5.41, 5.74) is 3.52. The average Bonchev–Trinajstić information content (AvgIpc) is 2.94. The molecule has 136 valence electrons. The summed E-state index contributed by atoms with van der Waals surface area (Å²) in [6, 6.07) is 12.3. The topological polar surface area (TPSA) is 62.4 Å². The highest BCUT2D eigenvalue weighted by Crippen LogP contribution is 2.32.